The molecular formula is C19H19N3O5. The third kappa shape index (κ3) is 3.70. The Balaban J connectivity index is 1.60. The summed E-state index contributed by atoms with van der Waals surface area (Å²) in [4.78, 5) is 23.0. The van der Waals surface area contributed by atoms with Gasteiger partial charge in [0.2, 0.25) is 5.76 Å². The normalized spacial score (nSPS) is 14.3. The molecule has 0 spiro atoms. The number of anilines is 1. The minimum atomic E-state index is -0.527. The summed E-state index contributed by atoms with van der Waals surface area (Å²) in [6.07, 6.45) is 0. The van der Waals surface area contributed by atoms with Crippen LogP contribution in [0.1, 0.15) is 16.3 Å². The van der Waals surface area contributed by atoms with E-state index in [1.54, 1.807) is 12.1 Å². The van der Waals surface area contributed by atoms with Crippen LogP contribution < -0.4 is 9.64 Å². The van der Waals surface area contributed by atoms with Crippen LogP contribution in [0.25, 0.3) is 11.0 Å². The zero-order valence-corrected chi connectivity index (χ0v) is 14.9. The average molecular weight is 369 g/mol. The molecule has 1 aliphatic rings. The van der Waals surface area contributed by atoms with E-state index in [4.69, 9.17) is 18.9 Å². The Morgan fingerprint density at radius 1 is 1.11 bits per heavy atom. The Kier molecular flexibility index (Phi) is 4.88. The molecule has 0 saturated carbocycles. The highest BCUT2D eigenvalue weighted by atomic mass is 16.5. The topological polar surface area (TPSA) is 86.9 Å². The van der Waals surface area contributed by atoms with Crippen LogP contribution in [-0.4, -0.2) is 49.4 Å². The Bertz CT molecular complexity index is 949. The van der Waals surface area contributed by atoms with Crippen LogP contribution in [0, 0.1) is 0 Å². The molecule has 0 radical (unpaired) electrons. The average Bonchev–Trinajstić information content (AvgIpc) is 3.20. The molecule has 8 heteroatoms. The van der Waals surface area contributed by atoms with Gasteiger partial charge in [0.1, 0.15) is 12.4 Å². The van der Waals surface area contributed by atoms with E-state index < -0.39 is 5.97 Å². The van der Waals surface area contributed by atoms with Gasteiger partial charge in [-0.1, -0.05) is 12.1 Å². The standard InChI is InChI=1S/C19H19N3O5/c1-24-19(23)16-7-6-13(27-16)12-26-18-17(22-8-10-25-11-9-22)20-14-4-2-3-5-15(14)21-18/h2-7H,8-12H2,1H3. The van der Waals surface area contributed by atoms with Gasteiger partial charge in [-0.25, -0.2) is 14.8 Å². The molecule has 0 unspecified atom stereocenters. The van der Waals surface area contributed by atoms with E-state index in [0.29, 0.717) is 30.7 Å². The molecule has 3 aromatic rings. The molecule has 0 amide bonds. The number of carbonyl (C=O) groups excluding carboxylic acids is 1. The predicted octanol–water partition coefficient (Wildman–Crippen LogP) is 2.42. The number of esters is 1. The highest BCUT2D eigenvalue weighted by Crippen LogP contribution is 2.28. The van der Waals surface area contributed by atoms with Crippen molar-refractivity contribution in [1.82, 2.24) is 9.97 Å². The van der Waals surface area contributed by atoms with Crippen molar-refractivity contribution in [2.24, 2.45) is 0 Å². The van der Waals surface area contributed by atoms with Gasteiger partial charge in [-0.05, 0) is 24.3 Å². The van der Waals surface area contributed by atoms with Gasteiger partial charge >= 0.3 is 5.97 Å². The molecule has 0 bridgehead atoms. The van der Waals surface area contributed by atoms with Crippen molar-refractivity contribution in [2.45, 2.75) is 6.61 Å². The lowest BCUT2D eigenvalue weighted by Crippen LogP contribution is -2.37. The molecule has 27 heavy (non-hydrogen) atoms. The molecule has 1 aliphatic heterocycles. The van der Waals surface area contributed by atoms with E-state index in [9.17, 15) is 4.79 Å². The summed E-state index contributed by atoms with van der Waals surface area (Å²) in [5.74, 6) is 1.21. The number of rotatable bonds is 5. The molecule has 1 saturated heterocycles. The molecule has 2 aromatic heterocycles. The van der Waals surface area contributed by atoms with Crippen LogP contribution in [0.3, 0.4) is 0 Å². The van der Waals surface area contributed by atoms with Crippen molar-refractivity contribution in [3.05, 3.63) is 47.9 Å². The monoisotopic (exact) mass is 369 g/mol. The molecule has 8 nitrogen and oxygen atoms in total. The number of furan rings is 1. The number of methoxy groups -OCH3 is 1. The maximum atomic E-state index is 11.5. The fraction of sp³-hybridized carbons (Fsp3) is 0.316. The van der Waals surface area contributed by atoms with E-state index in [2.05, 4.69) is 14.6 Å². The Morgan fingerprint density at radius 3 is 2.59 bits per heavy atom. The maximum absolute atomic E-state index is 11.5. The zero-order valence-electron chi connectivity index (χ0n) is 14.9. The Labute approximate surface area is 155 Å². The highest BCUT2D eigenvalue weighted by molar-refractivity contribution is 5.86. The van der Waals surface area contributed by atoms with Crippen LogP contribution >= 0.6 is 0 Å². The quantitative estimate of drug-likeness (QED) is 0.634. The molecule has 0 N–H and O–H groups in total. The number of hydrogen-bond donors (Lipinski definition) is 0. The second-order valence-electron chi connectivity index (χ2n) is 5.99. The molecule has 1 aromatic carbocycles. The fourth-order valence-corrected chi connectivity index (χ4v) is 2.86. The molecule has 140 valence electrons. The summed E-state index contributed by atoms with van der Waals surface area (Å²) >= 11 is 0. The van der Waals surface area contributed by atoms with Crippen molar-refractivity contribution in [3.8, 4) is 5.88 Å². The maximum Gasteiger partial charge on any atom is 0.373 e. The summed E-state index contributed by atoms with van der Waals surface area (Å²) in [5.41, 5.74) is 1.55. The number of ether oxygens (including phenoxy) is 3. The van der Waals surface area contributed by atoms with Gasteiger partial charge in [0, 0.05) is 13.1 Å². The minimum Gasteiger partial charge on any atom is -0.467 e. The van der Waals surface area contributed by atoms with Gasteiger partial charge in [-0.3, -0.25) is 0 Å². The second kappa shape index (κ2) is 7.63. The lowest BCUT2D eigenvalue weighted by molar-refractivity contribution is 0.0561. The second-order valence-corrected chi connectivity index (χ2v) is 5.99. The number of para-hydroxylation sites is 2. The predicted molar refractivity (Wildman–Crippen MR) is 96.9 cm³/mol. The molecule has 0 aliphatic carbocycles. The first-order valence-corrected chi connectivity index (χ1v) is 8.64. The van der Waals surface area contributed by atoms with E-state index in [1.807, 2.05) is 24.3 Å². The third-order valence-corrected chi connectivity index (χ3v) is 4.23. The largest absolute Gasteiger partial charge is 0.467 e. The Hall–Kier alpha value is -3.13. The summed E-state index contributed by atoms with van der Waals surface area (Å²) in [5, 5.41) is 0. The Morgan fingerprint density at radius 2 is 1.85 bits per heavy atom. The summed E-state index contributed by atoms with van der Waals surface area (Å²) < 4.78 is 21.4. The number of hydrogen-bond acceptors (Lipinski definition) is 8. The van der Waals surface area contributed by atoms with E-state index in [1.165, 1.54) is 7.11 Å². The summed E-state index contributed by atoms with van der Waals surface area (Å²) in [6, 6.07) is 10.9. The van der Waals surface area contributed by atoms with Crippen molar-refractivity contribution >= 4 is 22.8 Å². The summed E-state index contributed by atoms with van der Waals surface area (Å²) in [6.45, 7) is 2.83. The number of fused-ring (bicyclic) bond motifs is 1. The third-order valence-electron chi connectivity index (χ3n) is 4.23. The van der Waals surface area contributed by atoms with Crippen LogP contribution in [0.4, 0.5) is 5.82 Å². The summed E-state index contributed by atoms with van der Waals surface area (Å²) in [7, 11) is 1.31. The van der Waals surface area contributed by atoms with Gasteiger partial charge in [0.15, 0.2) is 5.82 Å². The number of aromatic nitrogens is 2. The molecule has 0 atom stereocenters. The smallest absolute Gasteiger partial charge is 0.373 e. The van der Waals surface area contributed by atoms with Gasteiger partial charge in [-0.15, -0.1) is 0 Å². The van der Waals surface area contributed by atoms with Gasteiger partial charge in [-0.2, -0.15) is 0 Å². The number of carbonyl (C=O) groups is 1. The lowest BCUT2D eigenvalue weighted by Gasteiger charge is -2.28. The molecule has 3 heterocycles. The van der Waals surface area contributed by atoms with Crippen LogP contribution in [0.2, 0.25) is 0 Å². The SMILES string of the molecule is COC(=O)c1ccc(COc2nc3ccccc3nc2N2CCOCC2)o1. The van der Waals surface area contributed by atoms with Gasteiger partial charge in [0.05, 0.1) is 31.4 Å². The molecule has 4 rings (SSSR count). The van der Waals surface area contributed by atoms with Gasteiger partial charge in [0.25, 0.3) is 5.88 Å². The first-order chi connectivity index (χ1) is 13.2. The highest BCUT2D eigenvalue weighted by Gasteiger charge is 2.20. The minimum absolute atomic E-state index is 0.126. The van der Waals surface area contributed by atoms with Gasteiger partial charge < -0.3 is 23.5 Å². The number of nitrogens with zero attached hydrogens (tertiary/aromatic N) is 3. The van der Waals surface area contributed by atoms with Crippen LogP contribution in [0.15, 0.2) is 40.8 Å². The number of benzene rings is 1. The van der Waals surface area contributed by atoms with Crippen molar-refractivity contribution in [2.75, 3.05) is 38.3 Å². The van der Waals surface area contributed by atoms with Crippen molar-refractivity contribution < 1.29 is 23.4 Å². The fourth-order valence-electron chi connectivity index (χ4n) is 2.86. The van der Waals surface area contributed by atoms with Crippen LogP contribution in [0.5, 0.6) is 5.88 Å². The molecular weight excluding hydrogens is 350 g/mol. The van der Waals surface area contributed by atoms with E-state index in [0.717, 1.165) is 24.1 Å². The van der Waals surface area contributed by atoms with Crippen molar-refractivity contribution in [3.63, 3.8) is 0 Å². The zero-order chi connectivity index (χ0) is 18.6. The first kappa shape index (κ1) is 17.3. The van der Waals surface area contributed by atoms with Crippen molar-refractivity contribution in [1.29, 1.82) is 0 Å². The van der Waals surface area contributed by atoms with E-state index >= 15 is 0 Å². The number of morpholine rings is 1. The van der Waals surface area contributed by atoms with E-state index in [-0.39, 0.29) is 12.4 Å². The molecule has 1 fully saturated rings. The van der Waals surface area contributed by atoms with Crippen LogP contribution in [-0.2, 0) is 16.1 Å². The first-order valence-electron chi connectivity index (χ1n) is 8.64. The lowest BCUT2D eigenvalue weighted by atomic mass is 10.3.